The Labute approximate surface area is 150 Å². The van der Waals surface area contributed by atoms with Crippen LogP contribution in [0.25, 0.3) is 0 Å². The van der Waals surface area contributed by atoms with Crippen molar-refractivity contribution < 1.29 is 4.79 Å². The molecule has 6 nitrogen and oxygen atoms in total. The van der Waals surface area contributed by atoms with E-state index < -0.39 is 0 Å². The van der Waals surface area contributed by atoms with Crippen LogP contribution >= 0.6 is 0 Å². The number of aliphatic imine (C=N–C) groups is 1. The van der Waals surface area contributed by atoms with Gasteiger partial charge in [-0.1, -0.05) is 18.2 Å². The summed E-state index contributed by atoms with van der Waals surface area (Å²) < 4.78 is 0. The van der Waals surface area contributed by atoms with Gasteiger partial charge in [-0.15, -0.1) is 0 Å². The molecule has 2 saturated heterocycles. The van der Waals surface area contributed by atoms with Gasteiger partial charge in [-0.3, -0.25) is 9.79 Å². The quantitative estimate of drug-likeness (QED) is 0.665. The van der Waals surface area contributed by atoms with Crippen LogP contribution in [0.15, 0.2) is 35.3 Å². The minimum atomic E-state index is 0.183. The number of nitrogens with zero attached hydrogens (tertiary/aromatic N) is 4. The topological polar surface area (TPSA) is 65.2 Å². The van der Waals surface area contributed by atoms with Crippen LogP contribution in [-0.4, -0.2) is 67.5 Å². The lowest BCUT2D eigenvalue weighted by molar-refractivity contribution is -0.131. The van der Waals surface area contributed by atoms with Gasteiger partial charge in [-0.25, -0.2) is 0 Å². The molecule has 136 valence electrons. The molecule has 2 fully saturated rings. The summed E-state index contributed by atoms with van der Waals surface area (Å²) in [6, 6.07) is 10.4. The summed E-state index contributed by atoms with van der Waals surface area (Å²) in [6.07, 6.45) is 4.08. The Kier molecular flexibility index (Phi) is 6.14. The van der Waals surface area contributed by atoms with Gasteiger partial charge in [0.25, 0.3) is 0 Å². The first kappa shape index (κ1) is 17.6. The summed E-state index contributed by atoms with van der Waals surface area (Å²) in [5.41, 5.74) is 7.27. The van der Waals surface area contributed by atoms with Crippen molar-refractivity contribution in [3.63, 3.8) is 0 Å². The van der Waals surface area contributed by atoms with Gasteiger partial charge in [0.1, 0.15) is 0 Å². The molecule has 0 aromatic heterocycles. The molecular weight excluding hydrogens is 314 g/mol. The van der Waals surface area contributed by atoms with Gasteiger partial charge < -0.3 is 20.4 Å². The second-order valence-electron chi connectivity index (χ2n) is 6.74. The molecule has 0 bridgehead atoms. The third-order valence-electron chi connectivity index (χ3n) is 5.03. The van der Waals surface area contributed by atoms with E-state index in [-0.39, 0.29) is 5.91 Å². The predicted octanol–water partition coefficient (Wildman–Crippen LogP) is 1.53. The lowest BCUT2D eigenvalue weighted by Crippen LogP contribution is -2.49. The van der Waals surface area contributed by atoms with Crippen LogP contribution in [0.2, 0.25) is 0 Å². The molecule has 0 aliphatic carbocycles. The molecule has 0 unspecified atom stereocenters. The van der Waals surface area contributed by atoms with E-state index in [0.717, 1.165) is 39.3 Å². The molecule has 3 rings (SSSR count). The Morgan fingerprint density at radius 2 is 1.60 bits per heavy atom. The van der Waals surface area contributed by atoms with Crippen LogP contribution < -0.4 is 10.6 Å². The summed E-state index contributed by atoms with van der Waals surface area (Å²) >= 11 is 0. The van der Waals surface area contributed by atoms with Crippen molar-refractivity contribution in [2.75, 3.05) is 50.7 Å². The van der Waals surface area contributed by atoms with Crippen molar-refractivity contribution >= 4 is 17.6 Å². The fourth-order valence-corrected chi connectivity index (χ4v) is 3.50. The number of hydrogen-bond acceptors (Lipinski definition) is 3. The van der Waals surface area contributed by atoms with Gasteiger partial charge in [-0.2, -0.15) is 0 Å². The zero-order chi connectivity index (χ0) is 17.5. The first-order valence-corrected chi connectivity index (χ1v) is 9.37. The van der Waals surface area contributed by atoms with Crippen molar-refractivity contribution in [1.29, 1.82) is 0 Å². The largest absolute Gasteiger partial charge is 0.370 e. The van der Waals surface area contributed by atoms with Crippen LogP contribution in [0.5, 0.6) is 0 Å². The van der Waals surface area contributed by atoms with E-state index in [4.69, 9.17) is 5.73 Å². The Balaban J connectivity index is 1.40. The zero-order valence-corrected chi connectivity index (χ0v) is 14.9. The summed E-state index contributed by atoms with van der Waals surface area (Å²) in [7, 11) is 0. The Morgan fingerprint density at radius 3 is 2.28 bits per heavy atom. The van der Waals surface area contributed by atoms with Crippen molar-refractivity contribution in [2.45, 2.75) is 25.7 Å². The maximum absolute atomic E-state index is 12.4. The number of piperidine rings is 1. The highest BCUT2D eigenvalue weighted by atomic mass is 16.2. The van der Waals surface area contributed by atoms with Crippen molar-refractivity contribution in [3.8, 4) is 0 Å². The number of hydrogen-bond donors (Lipinski definition) is 1. The fourth-order valence-electron chi connectivity index (χ4n) is 3.50. The molecule has 2 heterocycles. The van der Waals surface area contributed by atoms with E-state index in [1.807, 2.05) is 11.0 Å². The van der Waals surface area contributed by atoms with Gasteiger partial charge in [0.2, 0.25) is 5.91 Å². The molecule has 25 heavy (non-hydrogen) atoms. The van der Waals surface area contributed by atoms with Gasteiger partial charge >= 0.3 is 0 Å². The Hall–Kier alpha value is -2.24. The molecular formula is C19H29N5O. The average molecular weight is 343 g/mol. The highest BCUT2D eigenvalue weighted by Crippen LogP contribution is 2.16. The molecule has 2 N–H and O–H groups in total. The predicted molar refractivity (Wildman–Crippen MR) is 102 cm³/mol. The SMILES string of the molecule is NC(=NCCC(=O)N1CCN(c2ccccc2)CC1)N1CCCCC1. The highest BCUT2D eigenvalue weighted by Gasteiger charge is 2.21. The fraction of sp³-hybridized carbons (Fsp3) is 0.579. The monoisotopic (exact) mass is 343 g/mol. The summed E-state index contributed by atoms with van der Waals surface area (Å²) in [5.74, 6) is 0.782. The molecule has 1 amide bonds. The molecule has 1 aromatic carbocycles. The molecule has 0 atom stereocenters. The molecule has 2 aliphatic heterocycles. The maximum Gasteiger partial charge on any atom is 0.224 e. The molecule has 6 heteroatoms. The minimum Gasteiger partial charge on any atom is -0.370 e. The van der Waals surface area contributed by atoms with Gasteiger partial charge in [-0.05, 0) is 31.4 Å². The minimum absolute atomic E-state index is 0.183. The number of para-hydroxylation sites is 1. The number of rotatable bonds is 4. The van der Waals surface area contributed by atoms with E-state index in [2.05, 4.69) is 39.1 Å². The second kappa shape index (κ2) is 8.74. The third-order valence-corrected chi connectivity index (χ3v) is 5.03. The first-order chi connectivity index (χ1) is 12.2. The summed E-state index contributed by atoms with van der Waals surface area (Å²) in [4.78, 5) is 23.2. The van der Waals surface area contributed by atoms with Crippen LogP contribution in [-0.2, 0) is 4.79 Å². The zero-order valence-electron chi connectivity index (χ0n) is 14.9. The Morgan fingerprint density at radius 1 is 0.920 bits per heavy atom. The number of carbonyl (C=O) groups is 1. The van der Waals surface area contributed by atoms with E-state index in [1.165, 1.54) is 24.9 Å². The Bertz CT molecular complexity index is 575. The number of nitrogens with two attached hydrogens (primary N) is 1. The number of carbonyl (C=O) groups excluding carboxylic acids is 1. The molecule has 0 radical (unpaired) electrons. The summed E-state index contributed by atoms with van der Waals surface area (Å²) in [6.45, 7) is 5.79. The van der Waals surface area contributed by atoms with E-state index >= 15 is 0 Å². The van der Waals surface area contributed by atoms with Crippen LogP contribution in [0.3, 0.4) is 0 Å². The van der Waals surface area contributed by atoms with Crippen molar-refractivity contribution in [1.82, 2.24) is 9.80 Å². The van der Waals surface area contributed by atoms with Crippen molar-refractivity contribution in [3.05, 3.63) is 30.3 Å². The maximum atomic E-state index is 12.4. The lowest BCUT2D eigenvalue weighted by Gasteiger charge is -2.36. The number of likely N-dealkylation sites (tertiary alicyclic amines) is 1. The average Bonchev–Trinajstić information content (AvgIpc) is 2.69. The first-order valence-electron chi connectivity index (χ1n) is 9.37. The normalized spacial score (nSPS) is 19.2. The molecule has 2 aliphatic rings. The highest BCUT2D eigenvalue weighted by molar-refractivity contribution is 5.79. The molecule has 1 aromatic rings. The third kappa shape index (κ3) is 4.87. The van der Waals surface area contributed by atoms with Crippen LogP contribution in [0.4, 0.5) is 5.69 Å². The number of benzene rings is 1. The van der Waals surface area contributed by atoms with Crippen LogP contribution in [0, 0.1) is 0 Å². The van der Waals surface area contributed by atoms with Gasteiger partial charge in [0.05, 0.1) is 6.54 Å². The lowest BCUT2D eigenvalue weighted by atomic mass is 10.1. The second-order valence-corrected chi connectivity index (χ2v) is 6.74. The number of amides is 1. The number of anilines is 1. The summed E-state index contributed by atoms with van der Waals surface area (Å²) in [5, 5.41) is 0. The van der Waals surface area contributed by atoms with Crippen molar-refractivity contribution in [2.24, 2.45) is 10.7 Å². The van der Waals surface area contributed by atoms with Gasteiger partial charge in [0.15, 0.2) is 5.96 Å². The van der Waals surface area contributed by atoms with E-state index in [0.29, 0.717) is 18.9 Å². The van der Waals surface area contributed by atoms with Crippen LogP contribution in [0.1, 0.15) is 25.7 Å². The van der Waals surface area contributed by atoms with Gasteiger partial charge in [0, 0.05) is 51.4 Å². The van der Waals surface area contributed by atoms with E-state index in [1.54, 1.807) is 0 Å². The standard InChI is InChI=1S/C19H29N5O/c20-19(24-11-5-2-6-12-24)21-10-9-18(25)23-15-13-22(14-16-23)17-7-3-1-4-8-17/h1,3-4,7-8H,2,5-6,9-16H2,(H2,20,21). The smallest absolute Gasteiger partial charge is 0.224 e. The molecule has 0 saturated carbocycles. The molecule has 0 spiro atoms. The number of guanidine groups is 1. The number of piperazine rings is 1. The van der Waals surface area contributed by atoms with E-state index in [9.17, 15) is 4.79 Å².